The van der Waals surface area contributed by atoms with Crippen LogP contribution in [0.4, 0.5) is 33.2 Å². The van der Waals surface area contributed by atoms with Gasteiger partial charge in [0.05, 0.1) is 18.5 Å². The lowest BCUT2D eigenvalue weighted by atomic mass is 9.97. The number of aromatic nitrogens is 2. The number of piperidine rings is 1. The summed E-state index contributed by atoms with van der Waals surface area (Å²) in [6.45, 7) is 8.90. The summed E-state index contributed by atoms with van der Waals surface area (Å²) >= 11 is 0. The molecule has 0 radical (unpaired) electrons. The van der Waals surface area contributed by atoms with Gasteiger partial charge in [-0.1, -0.05) is 13.0 Å². The van der Waals surface area contributed by atoms with Crippen molar-refractivity contribution in [2.75, 3.05) is 86.6 Å². The summed E-state index contributed by atoms with van der Waals surface area (Å²) in [5.41, 5.74) is 1.78. The molecular formula is C30H43FN8O3. The summed E-state index contributed by atoms with van der Waals surface area (Å²) in [5.74, 6) is 0.499. The van der Waals surface area contributed by atoms with Gasteiger partial charge in [0.15, 0.2) is 17.4 Å². The first-order chi connectivity index (χ1) is 20.3. The molecule has 2 saturated heterocycles. The summed E-state index contributed by atoms with van der Waals surface area (Å²) in [6, 6.07) is 3.15. The molecule has 5 rings (SSSR count). The third-order valence-corrected chi connectivity index (χ3v) is 8.43. The van der Waals surface area contributed by atoms with Gasteiger partial charge in [0.2, 0.25) is 11.9 Å². The highest BCUT2D eigenvalue weighted by molar-refractivity contribution is 6.04. The largest absolute Gasteiger partial charge is 0.486 e. The quantitative estimate of drug-likeness (QED) is 0.459. The SMILES string of the molecule is CC=CN1CCC(N2c3nc(Nc4cc(N5CCN(C)CC5)cc(F)c4OCCO)ncc3N(C)C(=O)[C@H]2CC)CC1. The minimum atomic E-state index is -0.522. The van der Waals surface area contributed by atoms with Crippen molar-refractivity contribution in [2.45, 2.75) is 45.2 Å². The molecule has 1 aromatic carbocycles. The number of nitrogens with one attached hydrogen (secondary N) is 1. The molecule has 12 heteroatoms. The van der Waals surface area contributed by atoms with E-state index in [0.717, 1.165) is 57.8 Å². The van der Waals surface area contributed by atoms with Crippen LogP contribution in [0.25, 0.3) is 0 Å². The van der Waals surface area contributed by atoms with Crippen molar-refractivity contribution in [3.8, 4) is 5.75 Å². The Balaban J connectivity index is 1.49. The summed E-state index contributed by atoms with van der Waals surface area (Å²) in [6.07, 6.45) is 8.29. The highest BCUT2D eigenvalue weighted by Gasteiger charge is 2.41. The summed E-state index contributed by atoms with van der Waals surface area (Å²) < 4.78 is 21.1. The number of hydrogen-bond acceptors (Lipinski definition) is 10. The van der Waals surface area contributed by atoms with Gasteiger partial charge >= 0.3 is 0 Å². The number of benzene rings is 1. The Kier molecular flexibility index (Phi) is 9.32. The number of allylic oxidation sites excluding steroid dienone is 1. The van der Waals surface area contributed by atoms with E-state index in [2.05, 4.69) is 49.2 Å². The molecule has 0 saturated carbocycles. The molecule has 42 heavy (non-hydrogen) atoms. The molecular weight excluding hydrogens is 539 g/mol. The van der Waals surface area contributed by atoms with Crippen LogP contribution < -0.4 is 24.8 Å². The van der Waals surface area contributed by atoms with Crippen molar-refractivity contribution < 1.29 is 19.0 Å². The Morgan fingerprint density at radius 3 is 2.55 bits per heavy atom. The number of hydrogen-bond donors (Lipinski definition) is 2. The molecule has 1 amide bonds. The lowest BCUT2D eigenvalue weighted by Gasteiger charge is -2.46. The van der Waals surface area contributed by atoms with Crippen LogP contribution in [0.3, 0.4) is 0 Å². The Hall–Kier alpha value is -3.64. The monoisotopic (exact) mass is 582 g/mol. The molecule has 4 heterocycles. The van der Waals surface area contributed by atoms with E-state index in [1.807, 2.05) is 19.9 Å². The van der Waals surface area contributed by atoms with Gasteiger partial charge in [0.1, 0.15) is 18.3 Å². The van der Waals surface area contributed by atoms with Crippen LogP contribution in [0, 0.1) is 5.82 Å². The second-order valence-corrected chi connectivity index (χ2v) is 11.2. The molecule has 0 unspecified atom stereocenters. The number of aliphatic hydroxyl groups excluding tert-OH is 1. The zero-order chi connectivity index (χ0) is 29.8. The van der Waals surface area contributed by atoms with Gasteiger partial charge in [0.25, 0.3) is 0 Å². The van der Waals surface area contributed by atoms with Gasteiger partial charge in [0, 0.05) is 64.1 Å². The zero-order valence-corrected chi connectivity index (χ0v) is 25.1. The fraction of sp³-hybridized carbons (Fsp3) is 0.567. The van der Waals surface area contributed by atoms with Crippen molar-refractivity contribution in [3.05, 3.63) is 36.4 Å². The van der Waals surface area contributed by atoms with E-state index >= 15 is 4.39 Å². The number of halogens is 1. The maximum absolute atomic E-state index is 15.4. The number of aliphatic hydroxyl groups is 1. The lowest BCUT2D eigenvalue weighted by molar-refractivity contribution is -0.120. The number of likely N-dealkylation sites (N-methyl/N-ethyl adjacent to an activating group) is 2. The normalized spacial score (nSPS) is 20.4. The molecule has 2 N–H and O–H groups in total. The van der Waals surface area contributed by atoms with Crippen LogP contribution in [0.1, 0.15) is 33.1 Å². The van der Waals surface area contributed by atoms with E-state index in [1.54, 1.807) is 18.1 Å². The highest BCUT2D eigenvalue weighted by atomic mass is 19.1. The first-order valence-electron chi connectivity index (χ1n) is 14.9. The minimum Gasteiger partial charge on any atom is -0.486 e. The summed E-state index contributed by atoms with van der Waals surface area (Å²) in [4.78, 5) is 33.4. The smallest absolute Gasteiger partial charge is 0.249 e. The van der Waals surface area contributed by atoms with E-state index in [-0.39, 0.29) is 42.9 Å². The summed E-state index contributed by atoms with van der Waals surface area (Å²) in [5, 5.41) is 12.6. The molecule has 1 aromatic heterocycles. The van der Waals surface area contributed by atoms with Gasteiger partial charge < -0.3 is 39.7 Å². The average molecular weight is 583 g/mol. The van der Waals surface area contributed by atoms with Crippen LogP contribution in [0.15, 0.2) is 30.6 Å². The number of nitrogens with zero attached hydrogens (tertiary/aromatic N) is 7. The van der Waals surface area contributed by atoms with E-state index in [0.29, 0.717) is 23.6 Å². The summed E-state index contributed by atoms with van der Waals surface area (Å²) in [7, 11) is 3.84. The number of piperazine rings is 1. The van der Waals surface area contributed by atoms with Gasteiger partial charge in [-0.3, -0.25) is 4.79 Å². The molecule has 0 spiro atoms. The zero-order valence-electron chi connectivity index (χ0n) is 25.1. The number of likely N-dealkylation sites (tertiary alicyclic amines) is 1. The molecule has 2 aromatic rings. The predicted octanol–water partition coefficient (Wildman–Crippen LogP) is 3.04. The molecule has 3 aliphatic rings. The third-order valence-electron chi connectivity index (χ3n) is 8.43. The van der Waals surface area contributed by atoms with Crippen molar-refractivity contribution in [1.82, 2.24) is 19.8 Å². The van der Waals surface area contributed by atoms with Crippen molar-refractivity contribution in [3.63, 3.8) is 0 Å². The first-order valence-corrected chi connectivity index (χ1v) is 14.9. The van der Waals surface area contributed by atoms with Gasteiger partial charge in [-0.05, 0) is 45.5 Å². The van der Waals surface area contributed by atoms with Crippen LogP contribution in [0.2, 0.25) is 0 Å². The molecule has 1 atom stereocenters. The maximum atomic E-state index is 15.4. The number of carbonyl (C=O) groups is 1. The van der Waals surface area contributed by atoms with Crippen molar-refractivity contribution in [2.24, 2.45) is 0 Å². The van der Waals surface area contributed by atoms with Crippen LogP contribution >= 0.6 is 0 Å². The Bertz CT molecular complexity index is 1280. The molecule has 3 aliphatic heterocycles. The lowest BCUT2D eigenvalue weighted by Crippen LogP contribution is -2.58. The number of carbonyl (C=O) groups excluding carboxylic acids is 1. The Labute approximate surface area is 247 Å². The third kappa shape index (κ3) is 6.10. The fourth-order valence-corrected chi connectivity index (χ4v) is 6.12. The van der Waals surface area contributed by atoms with Gasteiger partial charge in [-0.2, -0.15) is 4.98 Å². The minimum absolute atomic E-state index is 0.00943. The number of anilines is 5. The van der Waals surface area contributed by atoms with Crippen molar-refractivity contribution >= 4 is 34.7 Å². The number of ether oxygens (including phenoxy) is 1. The van der Waals surface area contributed by atoms with Gasteiger partial charge in [-0.25, -0.2) is 9.37 Å². The molecule has 2 fully saturated rings. The molecule has 11 nitrogen and oxygen atoms in total. The van der Waals surface area contributed by atoms with E-state index in [4.69, 9.17) is 9.72 Å². The molecule has 0 aliphatic carbocycles. The topological polar surface area (TPSA) is 101 Å². The predicted molar refractivity (Wildman–Crippen MR) is 163 cm³/mol. The van der Waals surface area contributed by atoms with Crippen LogP contribution in [0.5, 0.6) is 5.75 Å². The standard InChI is InChI=1S/C30H43FN8O3/c1-5-9-37-10-7-21(8-11-37)39-25(6-2)29(41)36(4)26-20-32-30(34-28(26)39)33-24-19-22(38-14-12-35(3)13-15-38)18-23(31)27(24)42-17-16-40/h5,9,18-21,25,40H,6-8,10-17H2,1-4H3,(H,32,33,34)/t25-/m1/s1. The number of rotatable bonds is 9. The second-order valence-electron chi connectivity index (χ2n) is 11.2. The van der Waals surface area contributed by atoms with Crippen LogP contribution in [-0.2, 0) is 4.79 Å². The van der Waals surface area contributed by atoms with E-state index < -0.39 is 5.82 Å². The second kappa shape index (κ2) is 13.1. The Morgan fingerprint density at radius 1 is 1.14 bits per heavy atom. The van der Waals surface area contributed by atoms with Gasteiger partial charge in [-0.15, -0.1) is 0 Å². The Morgan fingerprint density at radius 2 is 1.88 bits per heavy atom. The molecule has 0 bridgehead atoms. The van der Waals surface area contributed by atoms with Crippen LogP contribution in [-0.4, -0.2) is 109 Å². The maximum Gasteiger partial charge on any atom is 0.249 e. The number of fused-ring (bicyclic) bond motifs is 1. The van der Waals surface area contributed by atoms with Crippen molar-refractivity contribution in [1.29, 1.82) is 0 Å². The fourth-order valence-electron chi connectivity index (χ4n) is 6.12. The van der Waals surface area contributed by atoms with E-state index in [1.165, 1.54) is 6.07 Å². The number of amides is 1. The average Bonchev–Trinajstić information content (AvgIpc) is 2.99. The molecule has 228 valence electrons. The van der Waals surface area contributed by atoms with E-state index in [9.17, 15) is 9.90 Å². The first kappa shape index (κ1) is 29.8. The highest BCUT2D eigenvalue weighted by Crippen LogP contribution is 2.40.